The summed E-state index contributed by atoms with van der Waals surface area (Å²) in [5.74, 6) is 0.0753. The lowest BCUT2D eigenvalue weighted by atomic mass is 10.1. The van der Waals surface area contributed by atoms with E-state index in [2.05, 4.69) is 16.0 Å². The van der Waals surface area contributed by atoms with Crippen LogP contribution in [0.4, 0.5) is 11.4 Å². The van der Waals surface area contributed by atoms with Gasteiger partial charge in [0.25, 0.3) is 11.8 Å². The normalized spacial score (nSPS) is 11.7. The van der Waals surface area contributed by atoms with Crippen LogP contribution in [-0.4, -0.2) is 44.3 Å². The van der Waals surface area contributed by atoms with Gasteiger partial charge in [-0.3, -0.25) is 14.4 Å². The van der Waals surface area contributed by atoms with E-state index in [1.54, 1.807) is 84.9 Å². The average Bonchev–Trinajstić information content (AvgIpc) is 3.07. The lowest BCUT2D eigenvalue weighted by Crippen LogP contribution is -2.30. The van der Waals surface area contributed by atoms with E-state index >= 15 is 0 Å². The van der Waals surface area contributed by atoms with Crippen LogP contribution in [-0.2, 0) is 9.59 Å². The van der Waals surface area contributed by atoms with Crippen molar-refractivity contribution >= 4 is 58.5 Å². The quantitative estimate of drug-likeness (QED) is 0.109. The zero-order valence-electron chi connectivity index (χ0n) is 26.0. The van der Waals surface area contributed by atoms with E-state index in [0.29, 0.717) is 44.8 Å². The minimum atomic E-state index is -0.564. The van der Waals surface area contributed by atoms with Crippen LogP contribution in [0.3, 0.4) is 0 Å². The first-order chi connectivity index (χ1) is 22.1. The van der Waals surface area contributed by atoms with Crippen LogP contribution in [0.25, 0.3) is 6.08 Å². The van der Waals surface area contributed by atoms with Crippen molar-refractivity contribution < 1.29 is 28.6 Å². The first kappa shape index (κ1) is 34.0. The Morgan fingerprint density at radius 1 is 0.804 bits per heavy atom. The Morgan fingerprint density at radius 2 is 1.46 bits per heavy atom. The predicted molar refractivity (Wildman–Crippen MR) is 183 cm³/mol. The minimum absolute atomic E-state index is 0.0283. The number of methoxy groups -OCH3 is 3. The maximum absolute atomic E-state index is 13.6. The molecule has 11 heteroatoms. The highest BCUT2D eigenvalue weighted by atomic mass is 35.5. The number of hydrogen-bond donors (Lipinski definition) is 3. The molecule has 0 saturated heterocycles. The van der Waals surface area contributed by atoms with Crippen LogP contribution in [0.5, 0.6) is 17.2 Å². The third-order valence-corrected chi connectivity index (χ3v) is 8.41. The molecular weight excluding hydrogens is 626 g/mol. The van der Waals surface area contributed by atoms with Gasteiger partial charge in [0, 0.05) is 38.5 Å². The van der Waals surface area contributed by atoms with Gasteiger partial charge in [-0.2, -0.15) is 0 Å². The van der Waals surface area contributed by atoms with Gasteiger partial charge >= 0.3 is 0 Å². The van der Waals surface area contributed by atoms with Crippen LogP contribution in [0, 0.1) is 6.92 Å². The fraction of sp³-hybridized carbons (Fsp3) is 0.171. The summed E-state index contributed by atoms with van der Waals surface area (Å²) < 4.78 is 16.3. The Hall–Kier alpha value is -4.93. The number of amides is 3. The topological polar surface area (TPSA) is 115 Å². The highest BCUT2D eigenvalue weighted by molar-refractivity contribution is 8.00. The summed E-state index contributed by atoms with van der Waals surface area (Å²) >= 11 is 7.55. The number of nitrogens with one attached hydrogen (secondary N) is 3. The van der Waals surface area contributed by atoms with E-state index in [4.69, 9.17) is 25.8 Å². The minimum Gasteiger partial charge on any atom is -0.496 e. The summed E-state index contributed by atoms with van der Waals surface area (Å²) in [6.07, 6.45) is 1.50. The van der Waals surface area contributed by atoms with Crippen molar-refractivity contribution in [2.24, 2.45) is 0 Å². The van der Waals surface area contributed by atoms with Gasteiger partial charge in [-0.1, -0.05) is 35.9 Å². The molecule has 4 rings (SSSR count). The zero-order chi connectivity index (χ0) is 33.2. The number of benzene rings is 4. The van der Waals surface area contributed by atoms with Crippen LogP contribution in [0.1, 0.15) is 28.4 Å². The fourth-order valence-corrected chi connectivity index (χ4v) is 5.36. The Bertz CT molecular complexity index is 1750. The van der Waals surface area contributed by atoms with Gasteiger partial charge in [0.05, 0.1) is 26.6 Å². The molecule has 0 heterocycles. The molecule has 9 nitrogen and oxygen atoms in total. The molecule has 0 aliphatic heterocycles. The summed E-state index contributed by atoms with van der Waals surface area (Å²) in [7, 11) is 4.49. The maximum atomic E-state index is 13.6. The Labute approximate surface area is 277 Å². The number of halogens is 1. The molecule has 0 fully saturated rings. The van der Waals surface area contributed by atoms with Gasteiger partial charge in [0.1, 0.15) is 11.4 Å². The zero-order valence-corrected chi connectivity index (χ0v) is 27.5. The standard InChI is InChI=1S/C35H34ClN3O6S/c1-21-27(36)12-9-13-28(21)38-33(40)22(2)46-26-16-14-25(15-17-26)37-35(42)29(39-34(41)23-10-7-6-8-11-23)18-24-19-31(44-4)32(45-5)20-30(24)43-3/h6-20,22H,1-5H3,(H,37,42)(H,38,40)(H,39,41)/b29-18-. The van der Waals surface area contributed by atoms with Crippen molar-refractivity contribution in [3.8, 4) is 17.2 Å². The van der Waals surface area contributed by atoms with Crippen LogP contribution in [0.2, 0.25) is 5.02 Å². The Kier molecular flexibility index (Phi) is 11.7. The Morgan fingerprint density at radius 3 is 2.11 bits per heavy atom. The molecule has 1 atom stereocenters. The molecule has 1 unspecified atom stereocenters. The molecule has 0 radical (unpaired) electrons. The first-order valence-electron chi connectivity index (χ1n) is 14.2. The smallest absolute Gasteiger partial charge is 0.272 e. The van der Waals surface area contributed by atoms with E-state index in [0.717, 1.165) is 10.5 Å². The molecule has 4 aromatic rings. The van der Waals surface area contributed by atoms with E-state index in [1.165, 1.54) is 39.2 Å². The summed E-state index contributed by atoms with van der Waals surface area (Å²) in [5.41, 5.74) is 2.78. The van der Waals surface area contributed by atoms with Crippen molar-refractivity contribution in [2.75, 3.05) is 32.0 Å². The van der Waals surface area contributed by atoms with Gasteiger partial charge in [0.15, 0.2) is 11.5 Å². The van der Waals surface area contributed by atoms with Gasteiger partial charge in [-0.05, 0) is 80.1 Å². The monoisotopic (exact) mass is 659 g/mol. The van der Waals surface area contributed by atoms with Gasteiger partial charge in [0.2, 0.25) is 5.91 Å². The second kappa shape index (κ2) is 15.9. The van der Waals surface area contributed by atoms with E-state index < -0.39 is 17.1 Å². The second-order valence-electron chi connectivity index (χ2n) is 9.97. The van der Waals surface area contributed by atoms with E-state index in [1.807, 2.05) is 13.8 Å². The molecule has 3 N–H and O–H groups in total. The van der Waals surface area contributed by atoms with Crippen molar-refractivity contribution in [1.29, 1.82) is 0 Å². The highest BCUT2D eigenvalue weighted by Gasteiger charge is 2.19. The lowest BCUT2D eigenvalue weighted by Gasteiger charge is -2.15. The average molecular weight is 660 g/mol. The number of thioether (sulfide) groups is 1. The van der Waals surface area contributed by atoms with Gasteiger partial charge in [-0.15, -0.1) is 11.8 Å². The number of ether oxygens (including phenoxy) is 3. The van der Waals surface area contributed by atoms with Crippen molar-refractivity contribution in [1.82, 2.24) is 5.32 Å². The molecule has 0 saturated carbocycles. The molecule has 0 bridgehead atoms. The van der Waals surface area contributed by atoms with Gasteiger partial charge in [-0.25, -0.2) is 0 Å². The first-order valence-corrected chi connectivity index (χ1v) is 15.4. The van der Waals surface area contributed by atoms with Crippen LogP contribution >= 0.6 is 23.4 Å². The summed E-state index contributed by atoms with van der Waals surface area (Å²) in [6.45, 7) is 3.66. The molecule has 238 valence electrons. The molecule has 4 aromatic carbocycles. The Balaban J connectivity index is 1.53. The lowest BCUT2D eigenvalue weighted by molar-refractivity contribution is -0.115. The van der Waals surface area contributed by atoms with E-state index in [9.17, 15) is 14.4 Å². The number of anilines is 2. The van der Waals surface area contributed by atoms with Crippen molar-refractivity contribution in [3.63, 3.8) is 0 Å². The number of hydrogen-bond acceptors (Lipinski definition) is 7. The molecule has 3 amide bonds. The number of carbonyl (C=O) groups is 3. The predicted octanol–water partition coefficient (Wildman–Crippen LogP) is 7.20. The van der Waals surface area contributed by atoms with E-state index in [-0.39, 0.29) is 11.6 Å². The second-order valence-corrected chi connectivity index (χ2v) is 11.8. The van der Waals surface area contributed by atoms with Crippen LogP contribution < -0.4 is 30.2 Å². The van der Waals surface area contributed by atoms with Crippen molar-refractivity contribution in [2.45, 2.75) is 24.0 Å². The third-order valence-electron chi connectivity index (χ3n) is 6.88. The molecule has 0 aliphatic carbocycles. The molecular formula is C35H34ClN3O6S. The summed E-state index contributed by atoms with van der Waals surface area (Å²) in [5, 5.41) is 8.66. The van der Waals surface area contributed by atoms with Gasteiger partial charge < -0.3 is 30.2 Å². The fourth-order valence-electron chi connectivity index (χ4n) is 4.31. The molecule has 0 aromatic heterocycles. The molecule has 0 spiro atoms. The molecule has 0 aliphatic rings. The van der Waals surface area contributed by atoms with Crippen LogP contribution in [0.15, 0.2) is 95.5 Å². The highest BCUT2D eigenvalue weighted by Crippen LogP contribution is 2.36. The third kappa shape index (κ3) is 8.62. The SMILES string of the molecule is COc1cc(OC)c(OC)cc1/C=C(\NC(=O)c1ccccc1)C(=O)Nc1ccc(SC(C)C(=O)Nc2cccc(Cl)c2C)cc1. The summed E-state index contributed by atoms with van der Waals surface area (Å²) in [6, 6.07) is 24.3. The van der Waals surface area contributed by atoms with Crippen molar-refractivity contribution in [3.05, 3.63) is 112 Å². The number of rotatable bonds is 12. The largest absolute Gasteiger partial charge is 0.496 e. The summed E-state index contributed by atoms with van der Waals surface area (Å²) in [4.78, 5) is 40.3. The number of carbonyl (C=O) groups excluding carboxylic acids is 3. The molecule has 46 heavy (non-hydrogen) atoms. The maximum Gasteiger partial charge on any atom is 0.272 e.